The predicted molar refractivity (Wildman–Crippen MR) is 104 cm³/mol. The number of hydrogen-bond acceptors (Lipinski definition) is 5. The Morgan fingerprint density at radius 3 is 2.46 bits per heavy atom. The highest BCUT2D eigenvalue weighted by Crippen LogP contribution is 2.40. The quantitative estimate of drug-likeness (QED) is 0.863. The molecule has 0 aliphatic carbocycles. The van der Waals surface area contributed by atoms with Gasteiger partial charge in [0.25, 0.3) is 0 Å². The summed E-state index contributed by atoms with van der Waals surface area (Å²) >= 11 is 0. The molecule has 1 aromatic heterocycles. The van der Waals surface area contributed by atoms with E-state index in [-0.39, 0.29) is 6.04 Å². The molecule has 140 valence electrons. The van der Waals surface area contributed by atoms with Crippen molar-refractivity contribution in [3.05, 3.63) is 53.3 Å². The molecule has 5 nitrogen and oxygen atoms in total. The van der Waals surface area contributed by atoms with Gasteiger partial charge in [0.1, 0.15) is 11.5 Å². The average Bonchev–Trinajstić information content (AvgIpc) is 2.98. The largest absolute Gasteiger partial charge is 0.496 e. The van der Waals surface area contributed by atoms with Crippen molar-refractivity contribution < 1.29 is 9.47 Å². The Hall–Kier alpha value is -2.11. The van der Waals surface area contributed by atoms with Crippen molar-refractivity contribution in [2.45, 2.75) is 25.8 Å². The molecule has 2 aromatic rings. The summed E-state index contributed by atoms with van der Waals surface area (Å²) in [7, 11) is 3.43. The van der Waals surface area contributed by atoms with Crippen molar-refractivity contribution in [2.24, 2.45) is 0 Å². The van der Waals surface area contributed by atoms with E-state index in [1.807, 2.05) is 24.4 Å². The molecule has 1 aliphatic rings. The van der Waals surface area contributed by atoms with E-state index in [1.165, 1.54) is 5.56 Å². The molecule has 0 saturated carbocycles. The summed E-state index contributed by atoms with van der Waals surface area (Å²) in [6, 6.07) is 10.3. The lowest BCUT2D eigenvalue weighted by Crippen LogP contribution is -2.34. The van der Waals surface area contributed by atoms with Crippen LogP contribution in [0.1, 0.15) is 36.2 Å². The third-order valence-electron chi connectivity index (χ3n) is 5.02. The zero-order valence-electron chi connectivity index (χ0n) is 16.0. The van der Waals surface area contributed by atoms with Gasteiger partial charge in [-0.25, -0.2) is 0 Å². The molecular formula is C21H29N3O2. The maximum atomic E-state index is 5.71. The molecule has 1 aliphatic heterocycles. The van der Waals surface area contributed by atoms with Crippen LogP contribution in [0.25, 0.3) is 0 Å². The normalized spacial score (nSPS) is 16.7. The number of methoxy groups -OCH3 is 2. The van der Waals surface area contributed by atoms with Crippen LogP contribution < -0.4 is 14.8 Å². The highest BCUT2D eigenvalue weighted by molar-refractivity contribution is 5.50. The average molecular weight is 355 g/mol. The second-order valence-corrected chi connectivity index (χ2v) is 6.56. The summed E-state index contributed by atoms with van der Waals surface area (Å²) in [5.41, 5.74) is 3.33. The number of nitrogens with one attached hydrogen (secondary N) is 1. The van der Waals surface area contributed by atoms with Gasteiger partial charge in [-0.3, -0.25) is 9.88 Å². The van der Waals surface area contributed by atoms with Gasteiger partial charge in [0.2, 0.25) is 0 Å². The van der Waals surface area contributed by atoms with Crippen molar-refractivity contribution in [1.29, 1.82) is 0 Å². The second-order valence-electron chi connectivity index (χ2n) is 6.56. The smallest absolute Gasteiger partial charge is 0.127 e. The summed E-state index contributed by atoms with van der Waals surface area (Å²) < 4.78 is 11.4. The molecule has 1 atom stereocenters. The fourth-order valence-electron chi connectivity index (χ4n) is 3.60. The van der Waals surface area contributed by atoms with Gasteiger partial charge in [0.15, 0.2) is 0 Å². The van der Waals surface area contributed by atoms with Crippen molar-refractivity contribution in [1.82, 2.24) is 15.2 Å². The maximum absolute atomic E-state index is 5.71. The molecule has 5 heteroatoms. The Morgan fingerprint density at radius 1 is 1.08 bits per heavy atom. The number of aryl methyl sites for hydroxylation is 1. The van der Waals surface area contributed by atoms with Crippen molar-refractivity contribution >= 4 is 0 Å². The van der Waals surface area contributed by atoms with Gasteiger partial charge < -0.3 is 14.8 Å². The molecule has 0 spiro atoms. The first-order valence-corrected chi connectivity index (χ1v) is 9.39. The highest BCUT2D eigenvalue weighted by Gasteiger charge is 2.29. The first-order valence-electron chi connectivity index (χ1n) is 9.39. The minimum Gasteiger partial charge on any atom is -0.496 e. The van der Waals surface area contributed by atoms with E-state index in [4.69, 9.17) is 14.5 Å². The Kier molecular flexibility index (Phi) is 6.47. The van der Waals surface area contributed by atoms with Gasteiger partial charge in [-0.05, 0) is 43.1 Å². The summed E-state index contributed by atoms with van der Waals surface area (Å²) in [6.07, 6.45) is 4.09. The van der Waals surface area contributed by atoms with Crippen LogP contribution in [0.4, 0.5) is 0 Å². The topological polar surface area (TPSA) is 46.6 Å². The minimum absolute atomic E-state index is 0.00639. The number of pyridine rings is 1. The number of nitrogens with zero attached hydrogens (tertiary/aromatic N) is 2. The molecule has 2 heterocycles. The fraction of sp³-hybridized carbons (Fsp3) is 0.476. The van der Waals surface area contributed by atoms with E-state index >= 15 is 0 Å². The lowest BCUT2D eigenvalue weighted by molar-refractivity contribution is 0.227. The van der Waals surface area contributed by atoms with Crippen LogP contribution in [-0.2, 0) is 6.42 Å². The molecular weight excluding hydrogens is 326 g/mol. The number of rotatable bonds is 6. The van der Waals surface area contributed by atoms with E-state index in [0.717, 1.165) is 61.8 Å². The first kappa shape index (κ1) is 18.7. The molecule has 1 fully saturated rings. The fourth-order valence-corrected chi connectivity index (χ4v) is 3.60. The third-order valence-corrected chi connectivity index (χ3v) is 5.02. The standard InChI is InChI=1S/C21H29N3O2/c1-4-16-9-10-17(23-15-16)21(24-13-6-11-22-12-14-24)20-18(25-2)7-5-8-19(20)26-3/h5,7-10,15,21-22H,4,6,11-14H2,1-3H3. The van der Waals surface area contributed by atoms with Gasteiger partial charge in [-0.1, -0.05) is 19.1 Å². The van der Waals surface area contributed by atoms with E-state index in [1.54, 1.807) is 14.2 Å². The predicted octanol–water partition coefficient (Wildman–Crippen LogP) is 3.05. The zero-order valence-corrected chi connectivity index (χ0v) is 16.0. The van der Waals surface area contributed by atoms with Crippen LogP contribution in [0, 0.1) is 0 Å². The van der Waals surface area contributed by atoms with Gasteiger partial charge in [-0.2, -0.15) is 0 Å². The van der Waals surface area contributed by atoms with E-state index in [0.29, 0.717) is 0 Å². The molecule has 1 unspecified atom stereocenters. The SMILES string of the molecule is CCc1ccc(C(c2c(OC)cccc2OC)N2CCCNCC2)nc1. The molecule has 1 N–H and O–H groups in total. The van der Waals surface area contributed by atoms with Crippen LogP contribution in [0.3, 0.4) is 0 Å². The van der Waals surface area contributed by atoms with Crippen LogP contribution in [0.5, 0.6) is 11.5 Å². The molecule has 0 radical (unpaired) electrons. The number of benzene rings is 1. The Labute approximate surface area is 156 Å². The molecule has 26 heavy (non-hydrogen) atoms. The molecule has 1 saturated heterocycles. The van der Waals surface area contributed by atoms with Crippen molar-refractivity contribution in [2.75, 3.05) is 40.4 Å². The number of aromatic nitrogens is 1. The molecule has 3 rings (SSSR count). The van der Waals surface area contributed by atoms with E-state index in [2.05, 4.69) is 29.3 Å². The van der Waals surface area contributed by atoms with Gasteiger partial charge >= 0.3 is 0 Å². The van der Waals surface area contributed by atoms with Gasteiger partial charge in [-0.15, -0.1) is 0 Å². The molecule has 1 aromatic carbocycles. The monoisotopic (exact) mass is 355 g/mol. The Morgan fingerprint density at radius 2 is 1.85 bits per heavy atom. The van der Waals surface area contributed by atoms with Gasteiger partial charge in [0, 0.05) is 25.8 Å². The summed E-state index contributed by atoms with van der Waals surface area (Å²) in [4.78, 5) is 7.29. The van der Waals surface area contributed by atoms with E-state index in [9.17, 15) is 0 Å². The molecule has 0 amide bonds. The van der Waals surface area contributed by atoms with E-state index < -0.39 is 0 Å². The van der Waals surface area contributed by atoms with Gasteiger partial charge in [0.05, 0.1) is 31.5 Å². The van der Waals surface area contributed by atoms with Crippen molar-refractivity contribution in [3.8, 4) is 11.5 Å². The van der Waals surface area contributed by atoms with Crippen LogP contribution in [0.15, 0.2) is 36.5 Å². The summed E-state index contributed by atoms with van der Waals surface area (Å²) in [5.74, 6) is 1.68. The Balaban J connectivity index is 2.10. The first-order chi connectivity index (χ1) is 12.8. The Bertz CT molecular complexity index is 673. The minimum atomic E-state index is 0.00639. The third kappa shape index (κ3) is 4.00. The lowest BCUT2D eigenvalue weighted by Gasteiger charge is -2.32. The second kappa shape index (κ2) is 9.01. The highest BCUT2D eigenvalue weighted by atomic mass is 16.5. The van der Waals surface area contributed by atoms with Crippen LogP contribution in [-0.4, -0.2) is 50.3 Å². The number of hydrogen-bond donors (Lipinski definition) is 1. The number of ether oxygens (including phenoxy) is 2. The van der Waals surface area contributed by atoms with Crippen LogP contribution in [0.2, 0.25) is 0 Å². The maximum Gasteiger partial charge on any atom is 0.127 e. The lowest BCUT2D eigenvalue weighted by atomic mass is 9.98. The summed E-state index contributed by atoms with van der Waals surface area (Å²) in [6.45, 7) is 6.15. The molecule has 0 bridgehead atoms. The van der Waals surface area contributed by atoms with Crippen molar-refractivity contribution in [3.63, 3.8) is 0 Å². The summed E-state index contributed by atoms with van der Waals surface area (Å²) in [5, 5.41) is 3.49. The van der Waals surface area contributed by atoms with Crippen LogP contribution >= 0.6 is 0 Å². The zero-order chi connectivity index (χ0) is 18.4.